The molecule has 0 fully saturated rings. The average molecular weight is 393 g/mol. The Labute approximate surface area is 167 Å². The van der Waals surface area contributed by atoms with Gasteiger partial charge in [0.25, 0.3) is 0 Å². The first-order valence-corrected chi connectivity index (χ1v) is 9.00. The number of benzene rings is 2. The number of halogens is 1. The lowest BCUT2D eigenvalue weighted by Crippen LogP contribution is -2.16. The molecule has 7 heteroatoms. The number of anilines is 1. The Balaban J connectivity index is 1.49. The quantitative estimate of drug-likeness (QED) is 0.525. The summed E-state index contributed by atoms with van der Waals surface area (Å²) in [6.45, 7) is 0.732. The summed E-state index contributed by atoms with van der Waals surface area (Å²) < 4.78 is 5.69. The van der Waals surface area contributed by atoms with Crippen molar-refractivity contribution < 1.29 is 9.84 Å². The molecule has 2 aromatic carbocycles. The molecule has 28 heavy (non-hydrogen) atoms. The molecule has 4 aromatic rings. The maximum Gasteiger partial charge on any atom is 0.325 e. The molecule has 6 nitrogen and oxygen atoms in total. The van der Waals surface area contributed by atoms with Crippen LogP contribution >= 0.6 is 11.6 Å². The summed E-state index contributed by atoms with van der Waals surface area (Å²) in [7, 11) is 2.01. The van der Waals surface area contributed by atoms with E-state index >= 15 is 0 Å². The minimum atomic E-state index is -0.139. The summed E-state index contributed by atoms with van der Waals surface area (Å²) in [5.74, 6) is 0.433. The summed E-state index contributed by atoms with van der Waals surface area (Å²) in [4.78, 5) is 14.4. The maximum atomic E-state index is 10.0. The van der Waals surface area contributed by atoms with Crippen LogP contribution in [0.2, 0.25) is 5.02 Å². The van der Waals surface area contributed by atoms with Gasteiger partial charge in [0.2, 0.25) is 5.88 Å². The van der Waals surface area contributed by atoms with Crippen molar-refractivity contribution in [1.82, 2.24) is 15.0 Å². The van der Waals surface area contributed by atoms with E-state index in [1.807, 2.05) is 55.6 Å². The van der Waals surface area contributed by atoms with Crippen LogP contribution in [0.4, 0.5) is 5.69 Å². The second kappa shape index (κ2) is 7.70. The average Bonchev–Trinajstić information content (AvgIpc) is 2.68. The van der Waals surface area contributed by atoms with E-state index in [1.165, 1.54) is 0 Å². The van der Waals surface area contributed by atoms with Crippen molar-refractivity contribution in [3.63, 3.8) is 0 Å². The molecule has 0 unspecified atom stereocenters. The van der Waals surface area contributed by atoms with E-state index in [0.29, 0.717) is 16.7 Å². The Hall–Kier alpha value is -3.38. The number of fused-ring (bicyclic) bond motifs is 1. The van der Waals surface area contributed by atoms with Crippen LogP contribution < -0.4 is 9.64 Å². The highest BCUT2D eigenvalue weighted by atomic mass is 35.5. The first-order chi connectivity index (χ1) is 13.6. The van der Waals surface area contributed by atoms with Crippen molar-refractivity contribution in [2.45, 2.75) is 6.54 Å². The van der Waals surface area contributed by atoms with Crippen LogP contribution in [0.3, 0.4) is 0 Å². The van der Waals surface area contributed by atoms with E-state index in [4.69, 9.17) is 16.3 Å². The lowest BCUT2D eigenvalue weighted by Gasteiger charge is -2.19. The zero-order valence-corrected chi connectivity index (χ0v) is 15.8. The minimum absolute atomic E-state index is 0.0676. The summed E-state index contributed by atoms with van der Waals surface area (Å²) in [5.41, 5.74) is 2.67. The molecule has 0 aliphatic heterocycles. The Kier molecular flexibility index (Phi) is 4.95. The van der Waals surface area contributed by atoms with E-state index in [0.717, 1.165) is 22.8 Å². The molecule has 0 amide bonds. The number of aromatic hydroxyl groups is 1. The number of hydrogen-bond acceptors (Lipinski definition) is 6. The van der Waals surface area contributed by atoms with Crippen LogP contribution in [0.15, 0.2) is 67.0 Å². The molecular weight excluding hydrogens is 376 g/mol. The van der Waals surface area contributed by atoms with Gasteiger partial charge in [-0.05, 0) is 48.0 Å². The highest BCUT2D eigenvalue weighted by Gasteiger charge is 2.09. The molecule has 0 radical (unpaired) electrons. The maximum absolute atomic E-state index is 10.0. The summed E-state index contributed by atoms with van der Waals surface area (Å²) >= 11 is 6.05. The monoisotopic (exact) mass is 392 g/mol. The van der Waals surface area contributed by atoms with Gasteiger partial charge < -0.3 is 14.7 Å². The molecule has 2 heterocycles. The van der Waals surface area contributed by atoms with Gasteiger partial charge in [0.05, 0.1) is 17.1 Å². The highest BCUT2D eigenvalue weighted by molar-refractivity contribution is 6.30. The fourth-order valence-electron chi connectivity index (χ4n) is 2.86. The number of pyridine rings is 1. The van der Waals surface area contributed by atoms with Crippen molar-refractivity contribution in [3.8, 4) is 17.6 Å². The summed E-state index contributed by atoms with van der Waals surface area (Å²) in [5, 5.41) is 11.3. The molecule has 0 bridgehead atoms. The Bertz CT molecular complexity index is 1120. The topological polar surface area (TPSA) is 71.4 Å². The Morgan fingerprint density at radius 2 is 1.89 bits per heavy atom. The van der Waals surface area contributed by atoms with E-state index in [9.17, 15) is 5.11 Å². The van der Waals surface area contributed by atoms with Gasteiger partial charge in [-0.3, -0.25) is 4.98 Å². The minimum Gasteiger partial charge on any atom is -0.493 e. The molecule has 0 aliphatic rings. The van der Waals surface area contributed by atoms with E-state index < -0.39 is 0 Å². The molecule has 0 atom stereocenters. The number of hydrogen-bond donors (Lipinski definition) is 1. The van der Waals surface area contributed by atoms with Crippen LogP contribution in [0, 0.1) is 0 Å². The molecule has 4 rings (SSSR count). The molecule has 140 valence electrons. The van der Waals surface area contributed by atoms with Crippen LogP contribution in [-0.2, 0) is 6.54 Å². The number of nitrogens with zero attached hydrogens (tertiary/aromatic N) is 4. The summed E-state index contributed by atoms with van der Waals surface area (Å²) in [6, 6.07) is 17.1. The lowest BCUT2D eigenvalue weighted by molar-refractivity contribution is 0.412. The third-order valence-electron chi connectivity index (χ3n) is 4.25. The molecule has 0 saturated heterocycles. The van der Waals surface area contributed by atoms with Crippen molar-refractivity contribution in [3.05, 3.63) is 77.6 Å². The van der Waals surface area contributed by atoms with Gasteiger partial charge in [-0.25, -0.2) is 0 Å². The SMILES string of the molecule is CN(Cc1cccc(Cl)c1)c1ccc(Oc2nc(O)c3ccncc3n2)cc1. The zero-order valence-electron chi connectivity index (χ0n) is 15.1. The molecule has 0 saturated carbocycles. The fourth-order valence-corrected chi connectivity index (χ4v) is 3.08. The van der Waals surface area contributed by atoms with Crippen LogP contribution in [-0.4, -0.2) is 27.1 Å². The van der Waals surface area contributed by atoms with Crippen molar-refractivity contribution in [2.24, 2.45) is 0 Å². The Morgan fingerprint density at radius 1 is 1.07 bits per heavy atom. The largest absolute Gasteiger partial charge is 0.493 e. The Morgan fingerprint density at radius 3 is 2.68 bits per heavy atom. The third-order valence-corrected chi connectivity index (χ3v) is 4.49. The number of rotatable bonds is 5. The molecular formula is C21H17ClN4O2. The van der Waals surface area contributed by atoms with Crippen LogP contribution in [0.1, 0.15) is 5.56 Å². The molecule has 1 N–H and O–H groups in total. The molecule has 0 spiro atoms. The van der Waals surface area contributed by atoms with Crippen molar-refractivity contribution in [1.29, 1.82) is 0 Å². The van der Waals surface area contributed by atoms with Gasteiger partial charge in [0, 0.05) is 30.5 Å². The van der Waals surface area contributed by atoms with Gasteiger partial charge in [-0.15, -0.1) is 0 Å². The standard InChI is InChI=1S/C21H17ClN4O2/c1-26(13-14-3-2-4-15(22)11-14)16-5-7-17(8-6-16)28-21-24-19-12-23-10-9-18(19)20(27)25-21/h2-12H,13H2,1H3,(H,24,25,27). The fraction of sp³-hybridized carbons (Fsp3) is 0.0952. The van der Waals surface area contributed by atoms with Gasteiger partial charge in [0.1, 0.15) is 5.75 Å². The highest BCUT2D eigenvalue weighted by Crippen LogP contribution is 2.27. The normalized spacial score (nSPS) is 10.8. The van der Waals surface area contributed by atoms with Gasteiger partial charge in [0.15, 0.2) is 0 Å². The smallest absolute Gasteiger partial charge is 0.325 e. The summed E-state index contributed by atoms with van der Waals surface area (Å²) in [6.07, 6.45) is 3.13. The zero-order chi connectivity index (χ0) is 19.5. The van der Waals surface area contributed by atoms with Gasteiger partial charge >= 0.3 is 6.01 Å². The number of aromatic nitrogens is 3. The molecule has 2 aromatic heterocycles. The van der Waals surface area contributed by atoms with E-state index in [1.54, 1.807) is 18.5 Å². The van der Waals surface area contributed by atoms with Crippen LogP contribution in [0.5, 0.6) is 17.6 Å². The first kappa shape index (κ1) is 18.0. The first-order valence-electron chi connectivity index (χ1n) is 8.63. The number of ether oxygens (including phenoxy) is 1. The van der Waals surface area contributed by atoms with Crippen molar-refractivity contribution >= 4 is 28.2 Å². The predicted molar refractivity (Wildman–Crippen MR) is 109 cm³/mol. The second-order valence-corrected chi connectivity index (χ2v) is 6.74. The third kappa shape index (κ3) is 3.97. The second-order valence-electron chi connectivity index (χ2n) is 6.30. The van der Waals surface area contributed by atoms with Crippen molar-refractivity contribution in [2.75, 3.05) is 11.9 Å². The molecule has 0 aliphatic carbocycles. The van der Waals surface area contributed by atoms with E-state index in [2.05, 4.69) is 19.9 Å². The van der Waals surface area contributed by atoms with Gasteiger partial charge in [-0.2, -0.15) is 9.97 Å². The van der Waals surface area contributed by atoms with Crippen LogP contribution in [0.25, 0.3) is 10.9 Å². The van der Waals surface area contributed by atoms with Gasteiger partial charge in [-0.1, -0.05) is 23.7 Å². The van der Waals surface area contributed by atoms with E-state index in [-0.39, 0.29) is 11.9 Å². The lowest BCUT2D eigenvalue weighted by atomic mass is 10.2. The predicted octanol–water partition coefficient (Wildman–Crippen LogP) is 4.81.